The van der Waals surface area contributed by atoms with Gasteiger partial charge in [-0.25, -0.2) is 4.68 Å². The molecule has 0 radical (unpaired) electrons. The lowest BCUT2D eigenvalue weighted by Gasteiger charge is -2.00. The lowest BCUT2D eigenvalue weighted by molar-refractivity contribution is -0.132. The van der Waals surface area contributed by atoms with E-state index in [1.54, 1.807) is 13.2 Å². The van der Waals surface area contributed by atoms with Crippen LogP contribution in [0.3, 0.4) is 0 Å². The SMILES string of the molecule is CC(=O)Oc1c(C)cnn1C. The van der Waals surface area contributed by atoms with E-state index in [1.165, 1.54) is 11.6 Å². The third-order valence-electron chi connectivity index (χ3n) is 1.30. The van der Waals surface area contributed by atoms with Crippen LogP contribution in [0.25, 0.3) is 0 Å². The Morgan fingerprint density at radius 3 is 2.73 bits per heavy atom. The Kier molecular flexibility index (Phi) is 1.94. The van der Waals surface area contributed by atoms with Gasteiger partial charge in [0.1, 0.15) is 0 Å². The van der Waals surface area contributed by atoms with E-state index in [1.807, 2.05) is 6.92 Å². The predicted octanol–water partition coefficient (Wildman–Crippen LogP) is 0.654. The van der Waals surface area contributed by atoms with Crippen molar-refractivity contribution in [3.63, 3.8) is 0 Å². The lowest BCUT2D eigenvalue weighted by atomic mass is 10.4. The number of ether oxygens (including phenoxy) is 1. The Bertz CT molecular complexity index is 258. The van der Waals surface area contributed by atoms with E-state index in [-0.39, 0.29) is 5.97 Å². The molecule has 4 heteroatoms. The Labute approximate surface area is 64.8 Å². The van der Waals surface area contributed by atoms with Gasteiger partial charge in [-0.2, -0.15) is 5.10 Å². The van der Waals surface area contributed by atoms with Crippen molar-refractivity contribution < 1.29 is 9.53 Å². The first kappa shape index (κ1) is 7.78. The average molecular weight is 154 g/mol. The molecule has 11 heavy (non-hydrogen) atoms. The second-order valence-corrected chi connectivity index (χ2v) is 2.35. The van der Waals surface area contributed by atoms with Crippen molar-refractivity contribution in [2.24, 2.45) is 7.05 Å². The van der Waals surface area contributed by atoms with E-state index in [2.05, 4.69) is 5.10 Å². The van der Waals surface area contributed by atoms with Gasteiger partial charge in [-0.15, -0.1) is 0 Å². The Morgan fingerprint density at radius 1 is 1.73 bits per heavy atom. The fraction of sp³-hybridized carbons (Fsp3) is 0.429. The van der Waals surface area contributed by atoms with Crippen molar-refractivity contribution in [2.75, 3.05) is 0 Å². The lowest BCUT2D eigenvalue weighted by Crippen LogP contribution is -2.06. The molecule has 0 spiro atoms. The number of hydrogen-bond acceptors (Lipinski definition) is 3. The third-order valence-corrected chi connectivity index (χ3v) is 1.30. The molecular weight excluding hydrogens is 144 g/mol. The fourth-order valence-electron chi connectivity index (χ4n) is 0.819. The second-order valence-electron chi connectivity index (χ2n) is 2.35. The van der Waals surface area contributed by atoms with E-state index < -0.39 is 0 Å². The van der Waals surface area contributed by atoms with Gasteiger partial charge in [0.25, 0.3) is 0 Å². The van der Waals surface area contributed by atoms with Crippen LogP contribution in [0.5, 0.6) is 5.88 Å². The van der Waals surface area contributed by atoms with Gasteiger partial charge in [0, 0.05) is 19.5 Å². The maximum absolute atomic E-state index is 10.6. The molecule has 0 saturated carbocycles. The van der Waals surface area contributed by atoms with Crippen molar-refractivity contribution >= 4 is 5.97 Å². The molecule has 1 rings (SSSR count). The maximum atomic E-state index is 10.6. The van der Waals surface area contributed by atoms with Gasteiger partial charge in [-0.1, -0.05) is 0 Å². The number of carbonyl (C=O) groups excluding carboxylic acids is 1. The molecule has 0 bridgehead atoms. The summed E-state index contributed by atoms with van der Waals surface area (Å²) in [5, 5.41) is 3.91. The van der Waals surface area contributed by atoms with Crippen LogP contribution in [0, 0.1) is 6.92 Å². The molecule has 1 aromatic heterocycles. The van der Waals surface area contributed by atoms with Gasteiger partial charge in [0.15, 0.2) is 0 Å². The van der Waals surface area contributed by atoms with Crippen molar-refractivity contribution in [2.45, 2.75) is 13.8 Å². The fourth-order valence-corrected chi connectivity index (χ4v) is 0.819. The summed E-state index contributed by atoms with van der Waals surface area (Å²) in [6.45, 7) is 3.21. The molecule has 0 aliphatic carbocycles. The molecule has 0 saturated heterocycles. The molecule has 0 atom stereocenters. The summed E-state index contributed by atoms with van der Waals surface area (Å²) in [5.41, 5.74) is 0.864. The molecule has 1 heterocycles. The van der Waals surface area contributed by atoms with Gasteiger partial charge in [0.05, 0.1) is 6.20 Å². The number of esters is 1. The number of rotatable bonds is 1. The van der Waals surface area contributed by atoms with E-state index in [0.717, 1.165) is 5.56 Å². The predicted molar refractivity (Wildman–Crippen MR) is 39.3 cm³/mol. The first-order valence-electron chi connectivity index (χ1n) is 3.28. The zero-order valence-corrected chi connectivity index (χ0v) is 6.79. The molecule has 1 aromatic rings. The molecule has 0 aromatic carbocycles. The standard InChI is InChI=1S/C7H10N2O2/c1-5-4-8-9(3)7(5)11-6(2)10/h4H,1-3H3. The molecule has 0 aliphatic heterocycles. The minimum Gasteiger partial charge on any atom is -0.408 e. The van der Waals surface area contributed by atoms with Crippen LogP contribution in [-0.2, 0) is 11.8 Å². The number of carbonyl (C=O) groups is 1. The summed E-state index contributed by atoms with van der Waals surface area (Å²) in [6.07, 6.45) is 1.65. The van der Waals surface area contributed by atoms with E-state index in [9.17, 15) is 4.79 Å². The van der Waals surface area contributed by atoms with Gasteiger partial charge >= 0.3 is 5.97 Å². The number of nitrogens with zero attached hydrogens (tertiary/aromatic N) is 2. The molecular formula is C7H10N2O2. The van der Waals surface area contributed by atoms with Crippen molar-refractivity contribution in [3.8, 4) is 5.88 Å². The summed E-state index contributed by atoms with van der Waals surface area (Å²) in [6, 6.07) is 0. The minimum absolute atomic E-state index is 0.322. The number of aryl methyl sites for hydroxylation is 2. The normalized spacial score (nSPS) is 9.73. The summed E-state index contributed by atoms with van der Waals surface area (Å²) < 4.78 is 6.40. The van der Waals surface area contributed by atoms with Gasteiger partial charge in [-0.05, 0) is 6.92 Å². The van der Waals surface area contributed by atoms with Crippen molar-refractivity contribution in [3.05, 3.63) is 11.8 Å². The van der Waals surface area contributed by atoms with E-state index in [0.29, 0.717) is 5.88 Å². The van der Waals surface area contributed by atoms with Gasteiger partial charge < -0.3 is 4.74 Å². The molecule has 0 N–H and O–H groups in total. The highest BCUT2D eigenvalue weighted by atomic mass is 16.5. The van der Waals surface area contributed by atoms with Crippen molar-refractivity contribution in [1.29, 1.82) is 0 Å². The Hall–Kier alpha value is -1.32. The van der Waals surface area contributed by atoms with E-state index >= 15 is 0 Å². The first-order chi connectivity index (χ1) is 5.11. The monoisotopic (exact) mass is 154 g/mol. The first-order valence-corrected chi connectivity index (χ1v) is 3.28. The highest BCUT2D eigenvalue weighted by molar-refractivity contribution is 5.69. The highest BCUT2D eigenvalue weighted by Gasteiger charge is 2.06. The maximum Gasteiger partial charge on any atom is 0.309 e. The minimum atomic E-state index is -0.322. The smallest absolute Gasteiger partial charge is 0.309 e. The van der Waals surface area contributed by atoms with Crippen LogP contribution in [-0.4, -0.2) is 15.7 Å². The molecule has 0 unspecified atom stereocenters. The Morgan fingerprint density at radius 2 is 2.36 bits per heavy atom. The van der Waals surface area contributed by atoms with Crippen LogP contribution < -0.4 is 4.74 Å². The van der Waals surface area contributed by atoms with Crippen LogP contribution in [0.2, 0.25) is 0 Å². The van der Waals surface area contributed by atoms with Crippen LogP contribution >= 0.6 is 0 Å². The average Bonchev–Trinajstić information content (AvgIpc) is 2.18. The van der Waals surface area contributed by atoms with E-state index in [4.69, 9.17) is 4.74 Å². The third kappa shape index (κ3) is 1.58. The molecule has 60 valence electrons. The molecule has 4 nitrogen and oxygen atoms in total. The summed E-state index contributed by atoms with van der Waals surface area (Å²) in [5.74, 6) is 0.189. The zero-order valence-electron chi connectivity index (χ0n) is 6.79. The molecule has 0 fully saturated rings. The zero-order chi connectivity index (χ0) is 8.43. The highest BCUT2D eigenvalue weighted by Crippen LogP contribution is 2.14. The number of aromatic nitrogens is 2. The summed E-state index contributed by atoms with van der Waals surface area (Å²) in [7, 11) is 1.73. The number of hydrogen-bond donors (Lipinski definition) is 0. The Balaban J connectivity index is 2.92. The van der Waals surface area contributed by atoms with Gasteiger partial charge in [-0.3, -0.25) is 4.79 Å². The quantitative estimate of drug-likeness (QED) is 0.558. The topological polar surface area (TPSA) is 44.1 Å². The van der Waals surface area contributed by atoms with Gasteiger partial charge in [0.2, 0.25) is 5.88 Å². The van der Waals surface area contributed by atoms with Crippen LogP contribution in [0.4, 0.5) is 0 Å². The largest absolute Gasteiger partial charge is 0.408 e. The summed E-state index contributed by atoms with van der Waals surface area (Å²) >= 11 is 0. The van der Waals surface area contributed by atoms with Crippen LogP contribution in [0.1, 0.15) is 12.5 Å². The second kappa shape index (κ2) is 2.74. The van der Waals surface area contributed by atoms with Crippen molar-refractivity contribution in [1.82, 2.24) is 9.78 Å². The summed E-state index contributed by atoms with van der Waals surface area (Å²) in [4.78, 5) is 10.6. The molecule has 0 amide bonds. The molecule has 0 aliphatic rings. The van der Waals surface area contributed by atoms with Crippen LogP contribution in [0.15, 0.2) is 6.20 Å².